The summed E-state index contributed by atoms with van der Waals surface area (Å²) < 4.78 is 0. The van der Waals surface area contributed by atoms with Crippen LogP contribution in [-0.4, -0.2) is 39.2 Å². The van der Waals surface area contributed by atoms with E-state index in [2.05, 4.69) is 15.3 Å². The molecule has 0 amide bonds. The lowest BCUT2D eigenvalue weighted by molar-refractivity contribution is 0.0845. The summed E-state index contributed by atoms with van der Waals surface area (Å²) in [6.07, 6.45) is 3.77. The van der Waals surface area contributed by atoms with Crippen molar-refractivity contribution in [1.29, 1.82) is 0 Å². The van der Waals surface area contributed by atoms with Crippen LogP contribution in [0.25, 0.3) is 11.0 Å². The molecular weight excluding hydrogens is 258 g/mol. The van der Waals surface area contributed by atoms with E-state index in [-0.39, 0.29) is 0 Å². The van der Waals surface area contributed by atoms with E-state index in [4.69, 9.17) is 0 Å². The molecule has 0 aliphatic rings. The second kappa shape index (κ2) is 6.32. The van der Waals surface area contributed by atoms with Gasteiger partial charge in [0.15, 0.2) is 0 Å². The minimum atomic E-state index is -0.691. The van der Waals surface area contributed by atoms with Crippen LogP contribution in [0.3, 0.4) is 0 Å². The minimum absolute atomic E-state index is 0.544. The number of hydrogen-bond donors (Lipinski definition) is 2. The van der Waals surface area contributed by atoms with Gasteiger partial charge >= 0.3 is 0 Å². The summed E-state index contributed by atoms with van der Waals surface area (Å²) in [6.45, 7) is 2.99. The topological polar surface area (TPSA) is 58.0 Å². The molecule has 19 heavy (non-hydrogen) atoms. The van der Waals surface area contributed by atoms with E-state index in [1.807, 2.05) is 37.4 Å². The Morgan fingerprint density at radius 2 is 2.05 bits per heavy atom. The number of benzene rings is 1. The monoisotopic (exact) mass is 277 g/mol. The summed E-state index contributed by atoms with van der Waals surface area (Å²) in [5.74, 6) is 0.712. The molecule has 2 aromatic rings. The minimum Gasteiger partial charge on any atom is -0.388 e. The third-order valence-corrected chi connectivity index (χ3v) is 3.68. The van der Waals surface area contributed by atoms with Crippen LogP contribution < -0.4 is 5.32 Å². The van der Waals surface area contributed by atoms with E-state index < -0.39 is 5.60 Å². The number of fused-ring (bicyclic) bond motifs is 1. The molecule has 0 saturated heterocycles. The first-order chi connectivity index (χ1) is 9.11. The molecule has 1 atom stereocenters. The Kier molecular flexibility index (Phi) is 4.74. The van der Waals surface area contributed by atoms with Gasteiger partial charge in [-0.2, -0.15) is 11.8 Å². The zero-order valence-electron chi connectivity index (χ0n) is 11.3. The number of nitrogens with one attached hydrogen (secondary N) is 1. The summed E-state index contributed by atoms with van der Waals surface area (Å²) in [4.78, 5) is 8.89. The van der Waals surface area contributed by atoms with Gasteiger partial charge in [0.1, 0.15) is 0 Å². The summed E-state index contributed by atoms with van der Waals surface area (Å²) >= 11 is 1.64. The van der Waals surface area contributed by atoms with E-state index in [9.17, 15) is 5.11 Å². The number of aromatic nitrogens is 2. The molecule has 1 aromatic carbocycles. The van der Waals surface area contributed by atoms with Crippen LogP contribution in [0.1, 0.15) is 12.6 Å². The van der Waals surface area contributed by atoms with Crippen LogP contribution in [0, 0.1) is 0 Å². The second-order valence-electron chi connectivity index (χ2n) is 4.88. The van der Waals surface area contributed by atoms with Gasteiger partial charge in [-0.05, 0) is 25.3 Å². The molecule has 0 saturated carbocycles. The Balaban J connectivity index is 1.95. The van der Waals surface area contributed by atoms with Gasteiger partial charge in [0.25, 0.3) is 0 Å². The maximum Gasteiger partial charge on any atom is 0.0890 e. The lowest BCUT2D eigenvalue weighted by atomic mass is 10.1. The number of thioether (sulfide) groups is 1. The number of aliphatic hydroxyl groups is 1. The highest BCUT2D eigenvalue weighted by atomic mass is 32.2. The van der Waals surface area contributed by atoms with Crippen molar-refractivity contribution in [3.05, 3.63) is 36.2 Å². The Morgan fingerprint density at radius 1 is 1.32 bits per heavy atom. The third-order valence-electron chi connectivity index (χ3n) is 2.77. The highest BCUT2D eigenvalue weighted by Gasteiger charge is 2.18. The lowest BCUT2D eigenvalue weighted by Gasteiger charge is -2.22. The van der Waals surface area contributed by atoms with E-state index >= 15 is 0 Å². The smallest absolute Gasteiger partial charge is 0.0890 e. The second-order valence-corrected chi connectivity index (χ2v) is 5.75. The molecule has 5 heteroatoms. The number of hydrogen-bond acceptors (Lipinski definition) is 5. The fourth-order valence-corrected chi connectivity index (χ4v) is 2.63. The van der Waals surface area contributed by atoms with Crippen molar-refractivity contribution < 1.29 is 5.11 Å². The lowest BCUT2D eigenvalue weighted by Crippen LogP contribution is -2.39. The fourth-order valence-electron chi connectivity index (χ4n) is 1.90. The van der Waals surface area contributed by atoms with Crippen molar-refractivity contribution >= 4 is 22.8 Å². The zero-order valence-corrected chi connectivity index (χ0v) is 12.1. The molecule has 1 heterocycles. The predicted molar refractivity (Wildman–Crippen MR) is 80.3 cm³/mol. The summed E-state index contributed by atoms with van der Waals surface area (Å²) in [5.41, 5.74) is 2.00. The molecule has 2 N–H and O–H groups in total. The summed E-state index contributed by atoms with van der Waals surface area (Å²) in [5, 5.41) is 13.3. The quantitative estimate of drug-likeness (QED) is 0.843. The van der Waals surface area contributed by atoms with Gasteiger partial charge in [0.05, 0.1) is 28.5 Å². The van der Waals surface area contributed by atoms with Crippen molar-refractivity contribution in [3.8, 4) is 0 Å². The number of nitrogens with zero attached hydrogens (tertiary/aromatic N) is 2. The maximum atomic E-state index is 10.0. The van der Waals surface area contributed by atoms with Gasteiger partial charge in [-0.3, -0.25) is 4.98 Å². The molecule has 2 rings (SSSR count). The molecule has 102 valence electrons. The number of para-hydroxylation sites is 2. The Labute approximate surface area is 117 Å². The first kappa shape index (κ1) is 14.2. The first-order valence-corrected chi connectivity index (χ1v) is 7.63. The normalized spacial score (nSPS) is 14.5. The van der Waals surface area contributed by atoms with E-state index in [0.717, 1.165) is 16.7 Å². The van der Waals surface area contributed by atoms with Crippen LogP contribution >= 0.6 is 11.8 Å². The molecule has 0 spiro atoms. The maximum absolute atomic E-state index is 10.0. The van der Waals surface area contributed by atoms with E-state index in [1.54, 1.807) is 18.0 Å². The van der Waals surface area contributed by atoms with Crippen LogP contribution in [0.2, 0.25) is 0 Å². The fraction of sp³-hybridized carbons (Fsp3) is 0.429. The average molecular weight is 277 g/mol. The van der Waals surface area contributed by atoms with E-state index in [0.29, 0.717) is 18.8 Å². The molecule has 0 radical (unpaired) electrons. The van der Waals surface area contributed by atoms with Crippen LogP contribution in [-0.2, 0) is 6.54 Å². The largest absolute Gasteiger partial charge is 0.388 e. The van der Waals surface area contributed by atoms with Gasteiger partial charge in [-0.1, -0.05) is 12.1 Å². The molecular formula is C14H19N3OS. The van der Waals surface area contributed by atoms with Gasteiger partial charge in [0, 0.05) is 18.8 Å². The van der Waals surface area contributed by atoms with Crippen molar-refractivity contribution in [2.75, 3.05) is 18.6 Å². The highest BCUT2D eigenvalue weighted by molar-refractivity contribution is 7.98. The van der Waals surface area contributed by atoms with Crippen molar-refractivity contribution in [1.82, 2.24) is 15.3 Å². The van der Waals surface area contributed by atoms with Crippen molar-refractivity contribution in [2.24, 2.45) is 0 Å². The van der Waals surface area contributed by atoms with E-state index in [1.165, 1.54) is 0 Å². The molecule has 0 aliphatic heterocycles. The zero-order chi connectivity index (χ0) is 13.7. The van der Waals surface area contributed by atoms with Crippen LogP contribution in [0.15, 0.2) is 30.5 Å². The van der Waals surface area contributed by atoms with Gasteiger partial charge < -0.3 is 10.4 Å². The first-order valence-electron chi connectivity index (χ1n) is 6.23. The predicted octanol–water partition coefficient (Wildman–Crippen LogP) is 1.83. The van der Waals surface area contributed by atoms with Crippen LogP contribution in [0.4, 0.5) is 0 Å². The Morgan fingerprint density at radius 3 is 2.79 bits per heavy atom. The van der Waals surface area contributed by atoms with Gasteiger partial charge in [0.2, 0.25) is 0 Å². The molecule has 4 nitrogen and oxygen atoms in total. The molecule has 0 bridgehead atoms. The number of rotatable bonds is 6. The molecule has 1 aromatic heterocycles. The van der Waals surface area contributed by atoms with Gasteiger partial charge in [-0.15, -0.1) is 0 Å². The highest BCUT2D eigenvalue weighted by Crippen LogP contribution is 2.10. The van der Waals surface area contributed by atoms with Crippen molar-refractivity contribution in [3.63, 3.8) is 0 Å². The summed E-state index contributed by atoms with van der Waals surface area (Å²) in [7, 11) is 0. The SMILES string of the molecule is CSCC(C)(O)CNCc1cnc2ccccc2n1. The third kappa shape index (κ3) is 4.16. The van der Waals surface area contributed by atoms with Crippen molar-refractivity contribution in [2.45, 2.75) is 19.1 Å². The Bertz CT molecular complexity index is 545. The van der Waals surface area contributed by atoms with Crippen LogP contribution in [0.5, 0.6) is 0 Å². The Hall–Kier alpha value is -1.17. The molecule has 0 fully saturated rings. The molecule has 0 aliphatic carbocycles. The standard InChI is InChI=1S/C14H19N3OS/c1-14(18,10-19-2)9-15-7-11-8-16-12-5-3-4-6-13(12)17-11/h3-6,8,15,18H,7,9-10H2,1-2H3. The average Bonchev–Trinajstić information content (AvgIpc) is 2.38. The summed E-state index contributed by atoms with van der Waals surface area (Å²) in [6, 6.07) is 7.81. The molecule has 1 unspecified atom stereocenters. The van der Waals surface area contributed by atoms with Gasteiger partial charge in [-0.25, -0.2) is 4.98 Å².